The van der Waals surface area contributed by atoms with Crippen molar-refractivity contribution in [1.82, 2.24) is 25.0 Å². The number of nitrogens with zero attached hydrogens (tertiary/aromatic N) is 5. The van der Waals surface area contributed by atoms with Gasteiger partial charge in [0.25, 0.3) is 5.69 Å². The van der Waals surface area contributed by atoms with Crippen LogP contribution < -0.4 is 4.74 Å². The lowest BCUT2D eigenvalue weighted by atomic mass is 10.1. The number of para-hydroxylation sites is 1. The summed E-state index contributed by atoms with van der Waals surface area (Å²) in [6, 6.07) is 16.1. The first kappa shape index (κ1) is 17.4. The van der Waals surface area contributed by atoms with E-state index >= 15 is 0 Å². The molecule has 0 fully saturated rings. The smallest absolute Gasteiger partial charge is 0.335 e. The molecule has 0 saturated heterocycles. The highest BCUT2D eigenvalue weighted by molar-refractivity contribution is 5.78. The first-order chi connectivity index (χ1) is 13.7. The SMILES string of the molecule is CCOc1n[nH]c(-c2cn(-c3ccccc3)nc2-c2ccc([N+](=O)[O-])cc2)n1. The summed E-state index contributed by atoms with van der Waals surface area (Å²) in [5, 5.41) is 22.5. The molecule has 4 aromatic rings. The van der Waals surface area contributed by atoms with Gasteiger partial charge in [-0.3, -0.25) is 15.2 Å². The third-order valence-corrected chi connectivity index (χ3v) is 4.08. The fraction of sp³-hybridized carbons (Fsp3) is 0.105. The minimum atomic E-state index is -0.432. The Morgan fingerprint density at radius 1 is 1.14 bits per heavy atom. The third kappa shape index (κ3) is 3.32. The van der Waals surface area contributed by atoms with E-state index in [1.54, 1.807) is 16.8 Å². The summed E-state index contributed by atoms with van der Waals surface area (Å²) in [7, 11) is 0. The van der Waals surface area contributed by atoms with E-state index < -0.39 is 4.92 Å². The highest BCUT2D eigenvalue weighted by atomic mass is 16.6. The van der Waals surface area contributed by atoms with Gasteiger partial charge in [0.05, 0.1) is 22.8 Å². The summed E-state index contributed by atoms with van der Waals surface area (Å²) in [5.74, 6) is 0.499. The molecule has 9 heteroatoms. The normalized spacial score (nSPS) is 10.8. The van der Waals surface area contributed by atoms with Crippen molar-refractivity contribution in [1.29, 1.82) is 0 Å². The monoisotopic (exact) mass is 376 g/mol. The Hall–Kier alpha value is -4.01. The van der Waals surface area contributed by atoms with Crippen molar-refractivity contribution in [3.8, 4) is 34.3 Å². The Labute approximate surface area is 159 Å². The van der Waals surface area contributed by atoms with Gasteiger partial charge in [0.2, 0.25) is 0 Å². The number of non-ortho nitro benzene ring substituents is 1. The van der Waals surface area contributed by atoms with Crippen LogP contribution in [0.25, 0.3) is 28.3 Å². The van der Waals surface area contributed by atoms with E-state index in [9.17, 15) is 10.1 Å². The number of nitro groups is 1. The maximum atomic E-state index is 10.9. The fourth-order valence-corrected chi connectivity index (χ4v) is 2.77. The van der Waals surface area contributed by atoms with Crippen LogP contribution >= 0.6 is 0 Å². The van der Waals surface area contributed by atoms with Crippen molar-refractivity contribution in [2.45, 2.75) is 6.92 Å². The second-order valence-corrected chi connectivity index (χ2v) is 5.88. The second-order valence-electron chi connectivity index (χ2n) is 5.88. The molecule has 0 atom stereocenters. The van der Waals surface area contributed by atoms with Gasteiger partial charge in [-0.25, -0.2) is 4.68 Å². The van der Waals surface area contributed by atoms with E-state index in [0.29, 0.717) is 23.7 Å². The number of aromatic amines is 1. The van der Waals surface area contributed by atoms with E-state index in [0.717, 1.165) is 11.3 Å². The number of nitrogens with one attached hydrogen (secondary N) is 1. The standard InChI is InChI=1S/C19H16N6O3/c1-2-28-19-20-18(21-22-19)16-12-24(14-6-4-3-5-7-14)23-17(16)13-8-10-15(11-9-13)25(26)27/h3-12H,2H2,1H3,(H,20,21,22). The molecule has 0 aliphatic heterocycles. The molecule has 4 rings (SSSR count). The van der Waals surface area contributed by atoms with Gasteiger partial charge in [0.15, 0.2) is 5.82 Å². The van der Waals surface area contributed by atoms with E-state index in [1.165, 1.54) is 12.1 Å². The van der Waals surface area contributed by atoms with Crippen molar-refractivity contribution in [3.05, 3.63) is 70.9 Å². The summed E-state index contributed by atoms with van der Waals surface area (Å²) >= 11 is 0. The third-order valence-electron chi connectivity index (χ3n) is 4.08. The predicted octanol–water partition coefficient (Wildman–Crippen LogP) is 3.63. The average Bonchev–Trinajstić information content (AvgIpc) is 3.36. The number of ether oxygens (including phenoxy) is 1. The molecule has 1 N–H and O–H groups in total. The van der Waals surface area contributed by atoms with Gasteiger partial charge in [-0.2, -0.15) is 10.1 Å². The molecule has 0 aliphatic carbocycles. The van der Waals surface area contributed by atoms with Crippen LogP contribution in [0, 0.1) is 10.1 Å². The summed E-state index contributed by atoms with van der Waals surface area (Å²) in [4.78, 5) is 14.9. The highest BCUT2D eigenvalue weighted by Crippen LogP contribution is 2.31. The lowest BCUT2D eigenvalue weighted by Gasteiger charge is -2.00. The molecule has 0 radical (unpaired) electrons. The first-order valence-corrected chi connectivity index (χ1v) is 8.61. The lowest BCUT2D eigenvalue weighted by Crippen LogP contribution is -1.94. The maximum Gasteiger partial charge on any atom is 0.335 e. The molecule has 2 aromatic carbocycles. The minimum absolute atomic E-state index is 0.0195. The summed E-state index contributed by atoms with van der Waals surface area (Å²) in [6.45, 7) is 2.31. The van der Waals surface area contributed by atoms with Crippen LogP contribution in [-0.2, 0) is 0 Å². The Kier molecular flexibility index (Phi) is 4.55. The molecule has 9 nitrogen and oxygen atoms in total. The molecule has 0 unspecified atom stereocenters. The lowest BCUT2D eigenvalue weighted by molar-refractivity contribution is -0.384. The number of nitro benzene ring substituents is 1. The average molecular weight is 376 g/mol. The Balaban J connectivity index is 1.82. The number of H-pyrrole nitrogens is 1. The second kappa shape index (κ2) is 7.31. The van der Waals surface area contributed by atoms with Crippen LogP contribution in [0.1, 0.15) is 6.92 Å². The van der Waals surface area contributed by atoms with Crippen molar-refractivity contribution >= 4 is 5.69 Å². The molecule has 140 valence electrons. The number of hydrogen-bond donors (Lipinski definition) is 1. The van der Waals surface area contributed by atoms with Gasteiger partial charge < -0.3 is 4.74 Å². The van der Waals surface area contributed by atoms with Crippen LogP contribution in [0.3, 0.4) is 0 Å². The van der Waals surface area contributed by atoms with Crippen LogP contribution in [0.5, 0.6) is 6.01 Å². The molecule has 0 bridgehead atoms. The van der Waals surface area contributed by atoms with Crippen molar-refractivity contribution in [2.24, 2.45) is 0 Å². The Morgan fingerprint density at radius 2 is 1.89 bits per heavy atom. The van der Waals surface area contributed by atoms with Gasteiger partial charge in [-0.1, -0.05) is 18.2 Å². The molecular formula is C19H16N6O3. The van der Waals surface area contributed by atoms with Crippen molar-refractivity contribution < 1.29 is 9.66 Å². The van der Waals surface area contributed by atoms with Gasteiger partial charge >= 0.3 is 6.01 Å². The van der Waals surface area contributed by atoms with Crippen molar-refractivity contribution in [2.75, 3.05) is 6.61 Å². The maximum absolute atomic E-state index is 10.9. The van der Waals surface area contributed by atoms with E-state index in [-0.39, 0.29) is 11.7 Å². The topological polar surface area (TPSA) is 112 Å². The van der Waals surface area contributed by atoms with Crippen molar-refractivity contribution in [3.63, 3.8) is 0 Å². The minimum Gasteiger partial charge on any atom is -0.463 e. The van der Waals surface area contributed by atoms with Gasteiger partial charge in [-0.15, -0.1) is 5.10 Å². The molecule has 2 heterocycles. The predicted molar refractivity (Wildman–Crippen MR) is 102 cm³/mol. The number of hydrogen-bond acceptors (Lipinski definition) is 6. The molecule has 0 spiro atoms. The fourth-order valence-electron chi connectivity index (χ4n) is 2.77. The molecule has 2 aromatic heterocycles. The summed E-state index contributed by atoms with van der Waals surface area (Å²) in [5.41, 5.74) is 2.95. The molecule has 0 amide bonds. The van der Waals surface area contributed by atoms with E-state index in [2.05, 4.69) is 20.3 Å². The van der Waals surface area contributed by atoms with Crippen LogP contribution in [0.15, 0.2) is 60.8 Å². The summed E-state index contributed by atoms with van der Waals surface area (Å²) < 4.78 is 7.06. The molecule has 28 heavy (non-hydrogen) atoms. The highest BCUT2D eigenvalue weighted by Gasteiger charge is 2.18. The zero-order chi connectivity index (χ0) is 19.5. The van der Waals surface area contributed by atoms with E-state index in [1.807, 2.05) is 43.5 Å². The molecular weight excluding hydrogens is 360 g/mol. The first-order valence-electron chi connectivity index (χ1n) is 8.61. The van der Waals surface area contributed by atoms with Gasteiger partial charge in [0.1, 0.15) is 5.69 Å². The molecule has 0 aliphatic rings. The Bertz CT molecular complexity index is 1100. The van der Waals surface area contributed by atoms with E-state index in [4.69, 9.17) is 4.74 Å². The molecule has 0 saturated carbocycles. The zero-order valence-electron chi connectivity index (χ0n) is 14.9. The quantitative estimate of drug-likeness (QED) is 0.406. The number of aromatic nitrogens is 5. The van der Waals surface area contributed by atoms with Crippen LogP contribution in [-0.4, -0.2) is 36.5 Å². The van der Waals surface area contributed by atoms with Gasteiger partial charge in [0, 0.05) is 23.9 Å². The van der Waals surface area contributed by atoms with Crippen LogP contribution in [0.2, 0.25) is 0 Å². The zero-order valence-corrected chi connectivity index (χ0v) is 14.9. The summed E-state index contributed by atoms with van der Waals surface area (Å²) in [6.07, 6.45) is 1.84. The van der Waals surface area contributed by atoms with Gasteiger partial charge in [-0.05, 0) is 31.2 Å². The Morgan fingerprint density at radius 3 is 2.57 bits per heavy atom. The number of benzene rings is 2. The van der Waals surface area contributed by atoms with Crippen LogP contribution in [0.4, 0.5) is 5.69 Å². The largest absolute Gasteiger partial charge is 0.463 e. The number of rotatable bonds is 6.